The van der Waals surface area contributed by atoms with Crippen molar-refractivity contribution in [2.75, 3.05) is 23.3 Å². The molecule has 0 atom stereocenters. The van der Waals surface area contributed by atoms with Crippen molar-refractivity contribution in [1.82, 2.24) is 4.72 Å². The van der Waals surface area contributed by atoms with Crippen molar-refractivity contribution in [3.05, 3.63) is 119 Å². The highest BCUT2D eigenvalue weighted by molar-refractivity contribution is 7.89. The van der Waals surface area contributed by atoms with Gasteiger partial charge < -0.3 is 10.1 Å². The SMILES string of the molecule is Cc1ccc(NC(=O)N(CCNS(=O)(=O)c2ccc([N+](=O)[O-])cc2)c2ccc(Oc3ccccc3)cc2)cc1. The van der Waals surface area contributed by atoms with E-state index in [-0.39, 0.29) is 23.7 Å². The Hall–Kier alpha value is -4.74. The molecule has 2 amide bonds. The molecule has 0 aliphatic heterocycles. The molecule has 200 valence electrons. The number of hydrogen-bond acceptors (Lipinski definition) is 6. The minimum atomic E-state index is -3.96. The predicted molar refractivity (Wildman–Crippen MR) is 149 cm³/mol. The Kier molecular flexibility index (Phi) is 8.54. The number of aryl methyl sites for hydroxylation is 1. The summed E-state index contributed by atoms with van der Waals surface area (Å²) in [5.74, 6) is 1.24. The highest BCUT2D eigenvalue weighted by Crippen LogP contribution is 2.25. The normalized spacial score (nSPS) is 11.0. The van der Waals surface area contributed by atoms with Gasteiger partial charge in [-0.2, -0.15) is 0 Å². The van der Waals surface area contributed by atoms with Gasteiger partial charge in [0.25, 0.3) is 5.69 Å². The topological polar surface area (TPSA) is 131 Å². The van der Waals surface area contributed by atoms with Gasteiger partial charge in [0.05, 0.1) is 9.82 Å². The van der Waals surface area contributed by atoms with E-state index in [1.165, 1.54) is 4.90 Å². The van der Waals surface area contributed by atoms with Gasteiger partial charge in [0.2, 0.25) is 10.0 Å². The average Bonchev–Trinajstić information content (AvgIpc) is 2.93. The molecule has 0 aliphatic rings. The monoisotopic (exact) mass is 546 g/mol. The minimum absolute atomic E-state index is 0.00277. The molecule has 4 aromatic rings. The molecule has 0 saturated heterocycles. The third-order valence-corrected chi connectivity index (χ3v) is 7.14. The van der Waals surface area contributed by atoms with Gasteiger partial charge in [-0.1, -0.05) is 35.9 Å². The summed E-state index contributed by atoms with van der Waals surface area (Å²) in [5, 5.41) is 13.7. The van der Waals surface area contributed by atoms with Crippen LogP contribution in [0.5, 0.6) is 11.5 Å². The van der Waals surface area contributed by atoms with Gasteiger partial charge in [-0.15, -0.1) is 0 Å². The number of benzene rings is 4. The fourth-order valence-electron chi connectivity index (χ4n) is 3.62. The van der Waals surface area contributed by atoms with E-state index in [2.05, 4.69) is 10.0 Å². The van der Waals surface area contributed by atoms with Crippen LogP contribution in [0.2, 0.25) is 0 Å². The second-order valence-corrected chi connectivity index (χ2v) is 10.3. The van der Waals surface area contributed by atoms with E-state index >= 15 is 0 Å². The number of ether oxygens (including phenoxy) is 1. The van der Waals surface area contributed by atoms with Crippen LogP contribution in [0.1, 0.15) is 5.56 Å². The summed E-state index contributed by atoms with van der Waals surface area (Å²) in [6.07, 6.45) is 0. The zero-order chi connectivity index (χ0) is 27.8. The summed E-state index contributed by atoms with van der Waals surface area (Å²) in [6, 6.07) is 27.5. The molecule has 0 radical (unpaired) electrons. The maximum absolute atomic E-state index is 13.2. The number of non-ortho nitro benzene ring substituents is 1. The van der Waals surface area contributed by atoms with Crippen LogP contribution in [0.4, 0.5) is 21.9 Å². The van der Waals surface area contributed by atoms with E-state index < -0.39 is 21.0 Å². The van der Waals surface area contributed by atoms with Crippen LogP contribution in [0.3, 0.4) is 0 Å². The number of sulfonamides is 1. The number of urea groups is 1. The van der Waals surface area contributed by atoms with Gasteiger partial charge in [0.15, 0.2) is 0 Å². The lowest BCUT2D eigenvalue weighted by Gasteiger charge is -2.24. The number of anilines is 2. The molecule has 4 aromatic carbocycles. The number of carbonyl (C=O) groups excluding carboxylic acids is 1. The van der Waals surface area contributed by atoms with Crippen molar-refractivity contribution in [2.24, 2.45) is 0 Å². The van der Waals surface area contributed by atoms with Crippen molar-refractivity contribution in [3.8, 4) is 11.5 Å². The Labute approximate surface area is 226 Å². The first kappa shape index (κ1) is 27.3. The number of rotatable bonds is 10. The maximum atomic E-state index is 13.2. The van der Waals surface area contributed by atoms with Gasteiger partial charge in [-0.05, 0) is 67.6 Å². The lowest BCUT2D eigenvalue weighted by atomic mass is 10.2. The van der Waals surface area contributed by atoms with Gasteiger partial charge >= 0.3 is 6.03 Å². The second kappa shape index (κ2) is 12.2. The molecule has 39 heavy (non-hydrogen) atoms. The van der Waals surface area contributed by atoms with Gasteiger partial charge in [0.1, 0.15) is 11.5 Å². The quantitative estimate of drug-likeness (QED) is 0.193. The van der Waals surface area contributed by atoms with Crippen molar-refractivity contribution < 1.29 is 22.9 Å². The van der Waals surface area contributed by atoms with Crippen LogP contribution in [-0.2, 0) is 10.0 Å². The number of hydrogen-bond donors (Lipinski definition) is 2. The molecule has 0 saturated carbocycles. The summed E-state index contributed by atoms with van der Waals surface area (Å²) >= 11 is 0. The van der Waals surface area contributed by atoms with Crippen LogP contribution in [0.25, 0.3) is 0 Å². The van der Waals surface area contributed by atoms with Gasteiger partial charge in [-0.3, -0.25) is 15.0 Å². The Morgan fingerprint density at radius 1 is 0.872 bits per heavy atom. The third-order valence-electron chi connectivity index (χ3n) is 5.66. The fraction of sp³-hybridized carbons (Fsp3) is 0.107. The number of carbonyl (C=O) groups is 1. The van der Waals surface area contributed by atoms with Crippen LogP contribution in [0, 0.1) is 17.0 Å². The number of amides is 2. The van der Waals surface area contributed by atoms with E-state index in [9.17, 15) is 23.3 Å². The Balaban J connectivity index is 1.49. The number of nitro benzene ring substituents is 1. The Bertz CT molecular complexity index is 1530. The third kappa shape index (κ3) is 7.40. The van der Waals surface area contributed by atoms with E-state index in [1.54, 1.807) is 36.4 Å². The number of para-hydroxylation sites is 1. The molecule has 2 N–H and O–H groups in total. The van der Waals surface area contributed by atoms with E-state index in [0.29, 0.717) is 22.9 Å². The molecule has 0 aliphatic carbocycles. The molecule has 11 heteroatoms. The second-order valence-electron chi connectivity index (χ2n) is 8.51. The predicted octanol–water partition coefficient (Wildman–Crippen LogP) is 5.71. The van der Waals surface area contributed by atoms with Crippen molar-refractivity contribution in [3.63, 3.8) is 0 Å². The number of nitrogens with one attached hydrogen (secondary N) is 2. The van der Waals surface area contributed by atoms with E-state index in [1.807, 2.05) is 49.4 Å². The van der Waals surface area contributed by atoms with E-state index in [0.717, 1.165) is 29.8 Å². The van der Waals surface area contributed by atoms with Gasteiger partial charge in [0, 0.05) is 36.6 Å². The summed E-state index contributed by atoms with van der Waals surface area (Å²) < 4.78 is 33.7. The molecule has 0 unspecified atom stereocenters. The molecule has 0 fully saturated rings. The zero-order valence-electron chi connectivity index (χ0n) is 21.0. The summed E-state index contributed by atoms with van der Waals surface area (Å²) in [7, 11) is -3.96. The molecule has 0 bridgehead atoms. The van der Waals surface area contributed by atoms with Crippen LogP contribution >= 0.6 is 0 Å². The summed E-state index contributed by atoms with van der Waals surface area (Å²) in [5.41, 5.74) is 1.94. The maximum Gasteiger partial charge on any atom is 0.326 e. The van der Waals surface area contributed by atoms with Crippen molar-refractivity contribution in [2.45, 2.75) is 11.8 Å². The summed E-state index contributed by atoms with van der Waals surface area (Å²) in [6.45, 7) is 1.83. The highest BCUT2D eigenvalue weighted by atomic mass is 32.2. The summed E-state index contributed by atoms with van der Waals surface area (Å²) in [4.78, 5) is 24.8. The minimum Gasteiger partial charge on any atom is -0.457 e. The van der Waals surface area contributed by atoms with Crippen LogP contribution < -0.4 is 19.7 Å². The molecule has 10 nitrogen and oxygen atoms in total. The van der Waals surface area contributed by atoms with Crippen LogP contribution in [-0.4, -0.2) is 32.5 Å². The smallest absolute Gasteiger partial charge is 0.326 e. The first-order valence-corrected chi connectivity index (χ1v) is 13.4. The number of nitrogens with zero attached hydrogens (tertiary/aromatic N) is 2. The average molecular weight is 547 g/mol. The molecule has 0 heterocycles. The largest absolute Gasteiger partial charge is 0.457 e. The lowest BCUT2D eigenvalue weighted by molar-refractivity contribution is -0.384. The lowest BCUT2D eigenvalue weighted by Crippen LogP contribution is -2.41. The molecule has 4 rings (SSSR count). The van der Waals surface area contributed by atoms with Gasteiger partial charge in [-0.25, -0.2) is 17.9 Å². The highest BCUT2D eigenvalue weighted by Gasteiger charge is 2.20. The Morgan fingerprint density at radius 3 is 2.10 bits per heavy atom. The molecule has 0 aromatic heterocycles. The van der Waals surface area contributed by atoms with E-state index in [4.69, 9.17) is 4.74 Å². The zero-order valence-corrected chi connectivity index (χ0v) is 21.8. The molecular formula is C28H26N4O6S. The number of nitro groups is 1. The van der Waals surface area contributed by atoms with Crippen molar-refractivity contribution in [1.29, 1.82) is 0 Å². The van der Waals surface area contributed by atoms with Crippen LogP contribution in [0.15, 0.2) is 108 Å². The van der Waals surface area contributed by atoms with Crippen molar-refractivity contribution >= 4 is 33.1 Å². The molecular weight excluding hydrogens is 520 g/mol. The first-order valence-electron chi connectivity index (χ1n) is 11.9. The molecule has 0 spiro atoms. The Morgan fingerprint density at radius 2 is 1.49 bits per heavy atom. The first-order chi connectivity index (χ1) is 18.7. The fourth-order valence-corrected chi connectivity index (χ4v) is 4.64. The standard InChI is InChI=1S/C28H26N4O6S/c1-21-7-9-22(10-8-21)30-28(33)31(23-11-15-26(16-12-23)38-25-5-3-2-4-6-25)20-19-29-39(36,37)27-17-13-24(14-18-27)32(34)35/h2-18,29H,19-20H2,1H3,(H,30,33).